The minimum Gasteiger partial charge on any atom is -0.447 e. The second-order valence-electron chi connectivity index (χ2n) is 8.32. The zero-order chi connectivity index (χ0) is 20.7. The molecule has 0 radical (unpaired) electrons. The van der Waals surface area contributed by atoms with Gasteiger partial charge in [0.15, 0.2) is 5.69 Å². The highest BCUT2D eigenvalue weighted by molar-refractivity contribution is 5.91. The fraction of sp³-hybridized carbons (Fsp3) is 0.545. The van der Waals surface area contributed by atoms with E-state index in [1.807, 2.05) is 0 Å². The lowest BCUT2D eigenvalue weighted by molar-refractivity contribution is 0.0932. The molecule has 154 valence electrons. The van der Waals surface area contributed by atoms with Gasteiger partial charge in [-0.15, -0.1) is 0 Å². The zero-order valence-corrected chi connectivity index (χ0v) is 17.9. The van der Waals surface area contributed by atoms with Gasteiger partial charge in [0, 0.05) is 26.2 Å². The van der Waals surface area contributed by atoms with Crippen LogP contribution in [-0.4, -0.2) is 42.1 Å². The molecule has 1 heterocycles. The summed E-state index contributed by atoms with van der Waals surface area (Å²) >= 11 is 0. The maximum atomic E-state index is 12.1. The highest BCUT2D eigenvalue weighted by atomic mass is 16.5. The Kier molecular flexibility index (Phi) is 7.78. The minimum atomic E-state index is -0.249. The number of hydrogen-bond acceptors (Lipinski definition) is 5. The first kappa shape index (κ1) is 22.1. The van der Waals surface area contributed by atoms with Crippen LogP contribution in [0, 0.1) is 0 Å². The molecule has 0 aliphatic carbocycles. The van der Waals surface area contributed by atoms with Crippen LogP contribution >= 0.6 is 0 Å². The van der Waals surface area contributed by atoms with Gasteiger partial charge in [0.2, 0.25) is 5.89 Å². The van der Waals surface area contributed by atoms with E-state index < -0.39 is 0 Å². The second kappa shape index (κ2) is 9.85. The van der Waals surface area contributed by atoms with Crippen LogP contribution in [0.5, 0.6) is 0 Å². The van der Waals surface area contributed by atoms with E-state index in [0.29, 0.717) is 37.3 Å². The predicted octanol–water partition coefficient (Wildman–Crippen LogP) is 3.76. The average Bonchev–Trinajstić information content (AvgIpc) is 3.09. The molecule has 28 heavy (non-hydrogen) atoms. The quantitative estimate of drug-likeness (QED) is 0.664. The molecule has 0 saturated carbocycles. The number of amides is 1. The first-order valence-electron chi connectivity index (χ1n) is 9.75. The molecule has 0 unspecified atom stereocenters. The molecular formula is C22H33N3O3. The largest absolute Gasteiger partial charge is 0.447 e. The number of oxazole rings is 1. The van der Waals surface area contributed by atoms with Gasteiger partial charge in [0.05, 0.1) is 13.2 Å². The molecule has 0 bridgehead atoms. The van der Waals surface area contributed by atoms with E-state index >= 15 is 0 Å². The number of carbonyl (C=O) groups excluding carboxylic acids is 1. The number of nitrogens with zero attached hydrogens (tertiary/aromatic N) is 2. The number of aromatic nitrogens is 1. The molecule has 2 aromatic rings. The lowest BCUT2D eigenvalue weighted by Gasteiger charge is -2.25. The Hall–Kier alpha value is -2.18. The smallest absolute Gasteiger partial charge is 0.273 e. The van der Waals surface area contributed by atoms with Gasteiger partial charge in [-0.3, -0.25) is 9.69 Å². The fourth-order valence-electron chi connectivity index (χ4n) is 2.78. The van der Waals surface area contributed by atoms with Crippen LogP contribution in [0.2, 0.25) is 0 Å². The molecular weight excluding hydrogens is 354 g/mol. The number of carbonyl (C=O) groups is 1. The molecule has 6 nitrogen and oxygen atoms in total. The number of nitrogens with one attached hydrogen (secondary N) is 1. The van der Waals surface area contributed by atoms with Crippen LogP contribution in [0.4, 0.5) is 0 Å². The Labute approximate surface area is 168 Å². The molecule has 0 aliphatic rings. The molecule has 1 aromatic heterocycles. The summed E-state index contributed by atoms with van der Waals surface area (Å²) in [6.07, 6.45) is 1.41. The van der Waals surface area contributed by atoms with Crippen molar-refractivity contribution in [3.05, 3.63) is 53.2 Å². The molecule has 6 heteroatoms. The molecule has 1 N–H and O–H groups in total. The van der Waals surface area contributed by atoms with Crippen molar-refractivity contribution in [3.63, 3.8) is 0 Å². The number of rotatable bonds is 9. The molecule has 0 atom stereocenters. The van der Waals surface area contributed by atoms with E-state index in [4.69, 9.17) is 9.15 Å². The predicted molar refractivity (Wildman–Crippen MR) is 110 cm³/mol. The van der Waals surface area contributed by atoms with Crippen molar-refractivity contribution in [2.45, 2.75) is 59.2 Å². The van der Waals surface area contributed by atoms with Crippen LogP contribution in [-0.2, 0) is 23.2 Å². The van der Waals surface area contributed by atoms with Crippen molar-refractivity contribution >= 4 is 5.91 Å². The lowest BCUT2D eigenvalue weighted by Crippen LogP contribution is -2.30. The monoisotopic (exact) mass is 387 g/mol. The van der Waals surface area contributed by atoms with Crippen molar-refractivity contribution in [2.75, 3.05) is 20.3 Å². The van der Waals surface area contributed by atoms with E-state index in [-0.39, 0.29) is 11.3 Å². The summed E-state index contributed by atoms with van der Waals surface area (Å²) in [5.74, 6) is 0.290. The Morgan fingerprint density at radius 1 is 1.21 bits per heavy atom. The van der Waals surface area contributed by atoms with Gasteiger partial charge in [-0.2, -0.15) is 0 Å². The maximum absolute atomic E-state index is 12.1. The fourth-order valence-corrected chi connectivity index (χ4v) is 2.78. The van der Waals surface area contributed by atoms with Crippen LogP contribution < -0.4 is 5.32 Å². The van der Waals surface area contributed by atoms with Crippen molar-refractivity contribution in [3.8, 4) is 0 Å². The van der Waals surface area contributed by atoms with Gasteiger partial charge in [-0.25, -0.2) is 4.98 Å². The molecule has 1 aromatic carbocycles. The van der Waals surface area contributed by atoms with Gasteiger partial charge < -0.3 is 14.5 Å². The summed E-state index contributed by atoms with van der Waals surface area (Å²) in [6, 6.07) is 9.07. The highest BCUT2D eigenvalue weighted by Crippen LogP contribution is 2.23. The number of methoxy groups -OCH3 is 1. The van der Waals surface area contributed by atoms with Crippen LogP contribution in [0.25, 0.3) is 0 Å². The zero-order valence-electron chi connectivity index (χ0n) is 17.9. The standard InChI is InChI=1S/C22H33N3O3/c1-16(2)25(13-17-7-9-18(10-8-17)22(3,4)5)14-20-24-19(15-28-20)21(26)23-11-12-27-6/h7-10,15-16H,11-14H2,1-6H3,(H,23,26). The summed E-state index contributed by atoms with van der Waals surface area (Å²) in [5, 5.41) is 2.75. The molecule has 2 rings (SSSR count). The van der Waals surface area contributed by atoms with Gasteiger partial charge in [-0.1, -0.05) is 45.0 Å². The summed E-state index contributed by atoms with van der Waals surface area (Å²) < 4.78 is 10.5. The lowest BCUT2D eigenvalue weighted by atomic mass is 9.87. The normalized spacial score (nSPS) is 12.0. The van der Waals surface area contributed by atoms with Gasteiger partial charge in [0.25, 0.3) is 5.91 Å². The Morgan fingerprint density at radius 2 is 1.89 bits per heavy atom. The van der Waals surface area contributed by atoms with Crippen LogP contribution in [0.3, 0.4) is 0 Å². The summed E-state index contributed by atoms with van der Waals surface area (Å²) in [7, 11) is 1.59. The maximum Gasteiger partial charge on any atom is 0.273 e. The number of hydrogen-bond donors (Lipinski definition) is 1. The number of benzene rings is 1. The van der Waals surface area contributed by atoms with Gasteiger partial charge in [0.1, 0.15) is 6.26 Å². The van der Waals surface area contributed by atoms with Crippen molar-refractivity contribution < 1.29 is 13.9 Å². The first-order valence-corrected chi connectivity index (χ1v) is 9.75. The second-order valence-corrected chi connectivity index (χ2v) is 8.32. The summed E-state index contributed by atoms with van der Waals surface area (Å²) in [6.45, 7) is 13.2. The molecule has 0 spiro atoms. The van der Waals surface area contributed by atoms with Crippen molar-refractivity contribution in [2.24, 2.45) is 0 Å². The topological polar surface area (TPSA) is 67.6 Å². The molecule has 0 fully saturated rings. The van der Waals surface area contributed by atoms with E-state index in [1.165, 1.54) is 17.4 Å². The minimum absolute atomic E-state index is 0.147. The highest BCUT2D eigenvalue weighted by Gasteiger charge is 2.18. The van der Waals surface area contributed by atoms with E-state index in [1.54, 1.807) is 7.11 Å². The Bertz CT molecular complexity index is 745. The molecule has 0 aliphatic heterocycles. The third-order valence-corrected chi connectivity index (χ3v) is 4.65. The van der Waals surface area contributed by atoms with Crippen LogP contribution in [0.15, 0.2) is 34.9 Å². The van der Waals surface area contributed by atoms with Crippen LogP contribution in [0.1, 0.15) is 62.1 Å². The van der Waals surface area contributed by atoms with Gasteiger partial charge >= 0.3 is 0 Å². The van der Waals surface area contributed by atoms with Gasteiger partial charge in [-0.05, 0) is 30.4 Å². The van der Waals surface area contributed by atoms with E-state index in [0.717, 1.165) is 6.54 Å². The van der Waals surface area contributed by atoms with Crippen molar-refractivity contribution in [1.29, 1.82) is 0 Å². The third-order valence-electron chi connectivity index (χ3n) is 4.65. The van der Waals surface area contributed by atoms with Crippen molar-refractivity contribution in [1.82, 2.24) is 15.2 Å². The summed E-state index contributed by atoms with van der Waals surface area (Å²) in [5.41, 5.74) is 3.01. The Balaban J connectivity index is 2.00. The Morgan fingerprint density at radius 3 is 2.46 bits per heavy atom. The van der Waals surface area contributed by atoms with E-state index in [2.05, 4.69) is 74.1 Å². The SMILES string of the molecule is COCCNC(=O)c1coc(CN(Cc2ccc(C(C)(C)C)cc2)C(C)C)n1. The average molecular weight is 388 g/mol. The molecule has 0 saturated heterocycles. The number of ether oxygens (including phenoxy) is 1. The first-order chi connectivity index (χ1) is 13.2. The third kappa shape index (κ3) is 6.46. The summed E-state index contributed by atoms with van der Waals surface area (Å²) in [4.78, 5) is 18.7. The van der Waals surface area contributed by atoms with E-state index in [9.17, 15) is 4.79 Å². The molecule has 1 amide bonds.